The SMILES string of the molecule is CCCC(CCC(F)(F)F)C(=O)O. The minimum atomic E-state index is -4.25. The van der Waals surface area contributed by atoms with Gasteiger partial charge in [-0.25, -0.2) is 0 Å². The Morgan fingerprint density at radius 3 is 2.23 bits per heavy atom. The molecule has 5 heteroatoms. The zero-order valence-corrected chi connectivity index (χ0v) is 7.40. The zero-order valence-electron chi connectivity index (χ0n) is 7.40. The average molecular weight is 198 g/mol. The molecule has 0 aromatic carbocycles. The third-order valence-electron chi connectivity index (χ3n) is 1.76. The molecule has 1 unspecified atom stereocenters. The van der Waals surface area contributed by atoms with Crippen LogP contribution in [-0.2, 0) is 4.79 Å². The summed E-state index contributed by atoms with van der Waals surface area (Å²) in [6.07, 6.45) is -4.67. The summed E-state index contributed by atoms with van der Waals surface area (Å²) in [4.78, 5) is 10.4. The second kappa shape index (κ2) is 5.09. The van der Waals surface area contributed by atoms with Gasteiger partial charge in [0.05, 0.1) is 5.92 Å². The molecule has 2 nitrogen and oxygen atoms in total. The number of rotatable bonds is 5. The Labute approximate surface area is 74.7 Å². The van der Waals surface area contributed by atoms with Crippen molar-refractivity contribution in [3.05, 3.63) is 0 Å². The van der Waals surface area contributed by atoms with E-state index in [0.717, 1.165) is 0 Å². The Morgan fingerprint density at radius 1 is 1.38 bits per heavy atom. The van der Waals surface area contributed by atoms with Gasteiger partial charge in [-0.05, 0) is 12.8 Å². The molecule has 0 aromatic rings. The van der Waals surface area contributed by atoms with E-state index in [2.05, 4.69) is 0 Å². The Morgan fingerprint density at radius 2 is 1.92 bits per heavy atom. The Kier molecular flexibility index (Phi) is 4.80. The first kappa shape index (κ1) is 12.3. The normalized spacial score (nSPS) is 14.2. The lowest BCUT2D eigenvalue weighted by Crippen LogP contribution is -2.17. The van der Waals surface area contributed by atoms with Gasteiger partial charge in [0.2, 0.25) is 0 Å². The molecule has 0 amide bonds. The van der Waals surface area contributed by atoms with Gasteiger partial charge in [0, 0.05) is 6.42 Å². The molecule has 1 N–H and O–H groups in total. The molecule has 0 rings (SSSR count). The highest BCUT2D eigenvalue weighted by molar-refractivity contribution is 5.69. The van der Waals surface area contributed by atoms with Crippen molar-refractivity contribution in [3.8, 4) is 0 Å². The van der Waals surface area contributed by atoms with Crippen LogP contribution in [0.4, 0.5) is 13.2 Å². The van der Waals surface area contributed by atoms with Crippen LogP contribution in [0.2, 0.25) is 0 Å². The number of halogens is 3. The Bertz CT molecular complexity index is 165. The third kappa shape index (κ3) is 6.42. The summed E-state index contributed by atoms with van der Waals surface area (Å²) in [6.45, 7) is 1.75. The molecule has 78 valence electrons. The van der Waals surface area contributed by atoms with Gasteiger partial charge in [0.1, 0.15) is 0 Å². The second-order valence-electron chi connectivity index (χ2n) is 2.98. The van der Waals surface area contributed by atoms with Crippen molar-refractivity contribution >= 4 is 5.97 Å². The van der Waals surface area contributed by atoms with E-state index in [0.29, 0.717) is 12.8 Å². The summed E-state index contributed by atoms with van der Waals surface area (Å²) < 4.78 is 35.2. The summed E-state index contributed by atoms with van der Waals surface area (Å²) in [5.74, 6) is -1.99. The molecule has 0 aliphatic rings. The summed E-state index contributed by atoms with van der Waals surface area (Å²) in [5.41, 5.74) is 0. The van der Waals surface area contributed by atoms with E-state index >= 15 is 0 Å². The van der Waals surface area contributed by atoms with Crippen LogP contribution < -0.4 is 0 Å². The van der Waals surface area contributed by atoms with Gasteiger partial charge in [0.15, 0.2) is 0 Å². The van der Waals surface area contributed by atoms with Gasteiger partial charge in [-0.15, -0.1) is 0 Å². The number of hydrogen-bond donors (Lipinski definition) is 1. The minimum absolute atomic E-state index is 0.311. The van der Waals surface area contributed by atoms with E-state index in [1.54, 1.807) is 6.92 Å². The molecule has 0 fully saturated rings. The molecule has 0 spiro atoms. The van der Waals surface area contributed by atoms with Crippen LogP contribution in [0.1, 0.15) is 32.6 Å². The number of carboxylic acid groups (broad SMARTS) is 1. The first-order chi connectivity index (χ1) is 5.87. The molecule has 0 radical (unpaired) electrons. The summed E-state index contributed by atoms with van der Waals surface area (Å²) in [6, 6.07) is 0. The maximum atomic E-state index is 11.7. The van der Waals surface area contributed by atoms with Gasteiger partial charge >= 0.3 is 12.1 Å². The summed E-state index contributed by atoms with van der Waals surface area (Å²) in [5, 5.41) is 8.53. The quantitative estimate of drug-likeness (QED) is 0.737. The number of carboxylic acids is 1. The van der Waals surface area contributed by atoms with Crippen molar-refractivity contribution in [3.63, 3.8) is 0 Å². The maximum absolute atomic E-state index is 11.7. The fraction of sp³-hybridized carbons (Fsp3) is 0.875. The predicted molar refractivity (Wildman–Crippen MR) is 41.3 cm³/mol. The smallest absolute Gasteiger partial charge is 0.389 e. The second-order valence-corrected chi connectivity index (χ2v) is 2.98. The molecule has 0 heterocycles. The third-order valence-corrected chi connectivity index (χ3v) is 1.76. The molecule has 0 saturated heterocycles. The van der Waals surface area contributed by atoms with Crippen molar-refractivity contribution < 1.29 is 23.1 Å². The van der Waals surface area contributed by atoms with Crippen molar-refractivity contribution in [2.45, 2.75) is 38.8 Å². The van der Waals surface area contributed by atoms with E-state index in [1.807, 2.05) is 0 Å². The van der Waals surface area contributed by atoms with E-state index in [-0.39, 0.29) is 6.42 Å². The molecule has 13 heavy (non-hydrogen) atoms. The lowest BCUT2D eigenvalue weighted by Gasteiger charge is -2.12. The highest BCUT2D eigenvalue weighted by Gasteiger charge is 2.29. The number of carbonyl (C=O) groups is 1. The molecular weight excluding hydrogens is 185 g/mol. The lowest BCUT2D eigenvalue weighted by atomic mass is 9.98. The van der Waals surface area contributed by atoms with Crippen LogP contribution >= 0.6 is 0 Å². The standard InChI is InChI=1S/C8H13F3O2/c1-2-3-6(7(12)13)4-5-8(9,10)11/h6H,2-5H2,1H3,(H,12,13). The fourth-order valence-corrected chi connectivity index (χ4v) is 1.08. The number of alkyl halides is 3. The van der Waals surface area contributed by atoms with Gasteiger partial charge < -0.3 is 5.11 Å². The van der Waals surface area contributed by atoms with Crippen molar-refractivity contribution in [1.29, 1.82) is 0 Å². The van der Waals surface area contributed by atoms with E-state index in [1.165, 1.54) is 0 Å². The predicted octanol–water partition coefficient (Wildman–Crippen LogP) is 2.83. The van der Waals surface area contributed by atoms with E-state index in [4.69, 9.17) is 5.11 Å². The van der Waals surface area contributed by atoms with Crippen LogP contribution in [0.25, 0.3) is 0 Å². The Balaban J connectivity index is 3.90. The Hall–Kier alpha value is -0.740. The number of aliphatic carboxylic acids is 1. The highest BCUT2D eigenvalue weighted by atomic mass is 19.4. The lowest BCUT2D eigenvalue weighted by molar-refractivity contribution is -0.149. The van der Waals surface area contributed by atoms with Crippen LogP contribution in [0, 0.1) is 5.92 Å². The molecule has 0 saturated carbocycles. The molecule has 0 bridgehead atoms. The minimum Gasteiger partial charge on any atom is -0.481 e. The van der Waals surface area contributed by atoms with Gasteiger partial charge in [-0.2, -0.15) is 13.2 Å². The van der Waals surface area contributed by atoms with Crippen LogP contribution in [-0.4, -0.2) is 17.3 Å². The van der Waals surface area contributed by atoms with Crippen LogP contribution in [0.3, 0.4) is 0 Å². The van der Waals surface area contributed by atoms with E-state index in [9.17, 15) is 18.0 Å². The first-order valence-corrected chi connectivity index (χ1v) is 4.16. The zero-order chi connectivity index (χ0) is 10.5. The first-order valence-electron chi connectivity index (χ1n) is 4.16. The summed E-state index contributed by atoms with van der Waals surface area (Å²) >= 11 is 0. The van der Waals surface area contributed by atoms with Crippen molar-refractivity contribution in [2.75, 3.05) is 0 Å². The number of hydrogen-bond acceptors (Lipinski definition) is 1. The fourth-order valence-electron chi connectivity index (χ4n) is 1.08. The van der Waals surface area contributed by atoms with Gasteiger partial charge in [0.25, 0.3) is 0 Å². The van der Waals surface area contributed by atoms with Gasteiger partial charge in [-0.3, -0.25) is 4.79 Å². The monoisotopic (exact) mass is 198 g/mol. The van der Waals surface area contributed by atoms with Gasteiger partial charge in [-0.1, -0.05) is 13.3 Å². The van der Waals surface area contributed by atoms with Crippen molar-refractivity contribution in [2.24, 2.45) is 5.92 Å². The summed E-state index contributed by atoms with van der Waals surface area (Å²) in [7, 11) is 0. The molecule has 0 aliphatic carbocycles. The molecule has 1 atom stereocenters. The van der Waals surface area contributed by atoms with Crippen LogP contribution in [0.15, 0.2) is 0 Å². The topological polar surface area (TPSA) is 37.3 Å². The maximum Gasteiger partial charge on any atom is 0.389 e. The largest absolute Gasteiger partial charge is 0.481 e. The molecular formula is C8H13F3O2. The van der Waals surface area contributed by atoms with Crippen molar-refractivity contribution in [1.82, 2.24) is 0 Å². The highest BCUT2D eigenvalue weighted by Crippen LogP contribution is 2.25. The van der Waals surface area contributed by atoms with Crippen LogP contribution in [0.5, 0.6) is 0 Å². The van der Waals surface area contributed by atoms with E-state index < -0.39 is 24.5 Å². The average Bonchev–Trinajstić information content (AvgIpc) is 1.95. The molecule has 0 aromatic heterocycles. The molecule has 0 aliphatic heterocycles.